The molecular weight excluding hydrogens is 750 g/mol. The molecule has 3 aromatic rings. The fourth-order valence-electron chi connectivity index (χ4n) is 3.91. The van der Waals surface area contributed by atoms with Crippen LogP contribution in [0.25, 0.3) is 0 Å². The number of aliphatic hydroxyl groups excluding tert-OH is 2. The minimum atomic E-state index is -0.881. The number of halogens is 1. The third-order valence-corrected chi connectivity index (χ3v) is 7.07. The normalized spacial score (nSPS) is 12.2. The molecule has 0 spiro atoms. The van der Waals surface area contributed by atoms with E-state index in [4.69, 9.17) is 56.0 Å². The van der Waals surface area contributed by atoms with E-state index in [0.717, 1.165) is 0 Å². The highest BCUT2D eigenvalue weighted by atomic mass is 35.5. The molecule has 2 amide bonds. The summed E-state index contributed by atoms with van der Waals surface area (Å²) in [5.41, 5.74) is 4.69. The standard InChI is InChI=1S/C12H15NO4.C12H13NO4.C8H5ClO3.C4H11NO.4CH4/c2*1-12(2,6-14)13-11(15)8-3-4-9-10(5-8)17-7-16-9;9-8(10)5-1-2-6-7(3-5)12-4-11-6;1-4(2,5)3-6;;;;/h3-5,14H,6-7H2,1-2H3,(H,13,15);3-6H,7H2,1-2H3,(H,13,15);1-3H,4H2;6H,3,5H2,1-2H3;4*1H4. The van der Waals surface area contributed by atoms with Crippen LogP contribution in [-0.4, -0.2) is 83.8 Å². The van der Waals surface area contributed by atoms with E-state index < -0.39 is 21.9 Å². The number of carbonyl (C=O) groups excluding carboxylic acids is 4. The summed E-state index contributed by atoms with van der Waals surface area (Å²) in [6, 6.07) is 14.7. The van der Waals surface area contributed by atoms with E-state index in [0.29, 0.717) is 57.5 Å². The molecule has 314 valence electrons. The molecule has 6 N–H and O–H groups in total. The molecule has 0 aromatic heterocycles. The van der Waals surface area contributed by atoms with Crippen LogP contribution in [0.2, 0.25) is 0 Å². The first-order valence-electron chi connectivity index (χ1n) is 15.9. The average molecular weight is 810 g/mol. The Kier molecular flexibility index (Phi) is 21.9. The Balaban J connectivity index is 0. The minimum Gasteiger partial charge on any atom is -0.454 e. The second-order valence-electron chi connectivity index (χ2n) is 13.4. The second-order valence-corrected chi connectivity index (χ2v) is 13.8. The smallest absolute Gasteiger partial charge is 0.252 e. The van der Waals surface area contributed by atoms with Crippen molar-refractivity contribution in [3.05, 3.63) is 71.3 Å². The molecule has 0 bridgehead atoms. The number of amides is 2. The van der Waals surface area contributed by atoms with Gasteiger partial charge in [0.2, 0.25) is 20.4 Å². The van der Waals surface area contributed by atoms with E-state index in [-0.39, 0.29) is 75.1 Å². The molecule has 0 saturated carbocycles. The van der Waals surface area contributed by atoms with Crippen molar-refractivity contribution in [2.75, 3.05) is 33.6 Å². The number of fused-ring (bicyclic) bond motifs is 3. The monoisotopic (exact) mass is 809 g/mol. The topological polar surface area (TPSA) is 214 Å². The number of aliphatic hydroxyl groups is 2. The van der Waals surface area contributed by atoms with Crippen LogP contribution < -0.4 is 44.8 Å². The number of nitrogens with one attached hydrogen (secondary N) is 2. The van der Waals surface area contributed by atoms with Crippen molar-refractivity contribution < 1.29 is 57.8 Å². The summed E-state index contributed by atoms with van der Waals surface area (Å²) < 4.78 is 30.8. The molecule has 15 nitrogen and oxygen atoms in total. The number of rotatable bonds is 8. The van der Waals surface area contributed by atoms with E-state index in [1.807, 2.05) is 0 Å². The number of aldehydes is 1. The Hall–Kier alpha value is -5.09. The predicted octanol–water partition coefficient (Wildman–Crippen LogP) is 6.09. The number of hydrogen-bond acceptors (Lipinski definition) is 13. The zero-order valence-electron chi connectivity index (χ0n) is 29.7. The number of carbonyl (C=O) groups is 4. The van der Waals surface area contributed by atoms with E-state index in [1.54, 1.807) is 96.1 Å². The van der Waals surface area contributed by atoms with Gasteiger partial charge in [-0.05, 0) is 108 Å². The summed E-state index contributed by atoms with van der Waals surface area (Å²) in [4.78, 5) is 45.2. The highest BCUT2D eigenvalue weighted by Crippen LogP contribution is 2.34. The van der Waals surface area contributed by atoms with Crippen molar-refractivity contribution in [1.82, 2.24) is 10.6 Å². The van der Waals surface area contributed by atoms with E-state index >= 15 is 0 Å². The average Bonchev–Trinajstić information content (AvgIpc) is 3.88. The van der Waals surface area contributed by atoms with Crippen LogP contribution in [0.1, 0.15) is 102 Å². The Labute approximate surface area is 335 Å². The largest absolute Gasteiger partial charge is 0.454 e. The molecule has 3 heterocycles. The van der Waals surface area contributed by atoms with Gasteiger partial charge >= 0.3 is 0 Å². The summed E-state index contributed by atoms with van der Waals surface area (Å²) in [7, 11) is 0. The SMILES string of the molecule is C.C.C.C.CC(C)(C=O)NC(=O)c1ccc2c(c1)OCO2.CC(C)(CO)NC(=O)c1ccc2c(c1)OCO2.CC(C)(N)CO.O=C(Cl)c1ccc2c(c1)OCO2. The van der Waals surface area contributed by atoms with Gasteiger partial charge < -0.3 is 59.8 Å². The highest BCUT2D eigenvalue weighted by molar-refractivity contribution is 6.67. The van der Waals surface area contributed by atoms with Gasteiger partial charge in [-0.25, -0.2) is 0 Å². The molecule has 6 rings (SSSR count). The molecule has 0 fully saturated rings. The summed E-state index contributed by atoms with van der Waals surface area (Å²) in [5, 5.41) is 22.2. The summed E-state index contributed by atoms with van der Waals surface area (Å²) in [5.74, 6) is 3.03. The molecule has 3 aromatic carbocycles. The summed E-state index contributed by atoms with van der Waals surface area (Å²) in [6.45, 7) is 10.8. The molecule has 0 saturated heterocycles. The maximum Gasteiger partial charge on any atom is 0.252 e. The Morgan fingerprint density at radius 1 is 0.625 bits per heavy atom. The fraction of sp³-hybridized carbons (Fsp3) is 0.450. The molecule has 0 radical (unpaired) electrons. The summed E-state index contributed by atoms with van der Waals surface area (Å²) >= 11 is 5.27. The first-order valence-corrected chi connectivity index (χ1v) is 16.3. The van der Waals surface area contributed by atoms with Gasteiger partial charge in [0.25, 0.3) is 17.1 Å². The van der Waals surface area contributed by atoms with Crippen LogP contribution in [0.3, 0.4) is 0 Å². The molecule has 3 aliphatic heterocycles. The maximum absolute atomic E-state index is 11.9. The van der Waals surface area contributed by atoms with E-state index in [2.05, 4.69) is 10.6 Å². The van der Waals surface area contributed by atoms with E-state index in [9.17, 15) is 19.2 Å². The number of nitrogens with two attached hydrogens (primary N) is 1. The van der Waals surface area contributed by atoms with E-state index in [1.165, 1.54) is 0 Å². The quantitative estimate of drug-likeness (QED) is 0.129. The lowest BCUT2D eigenvalue weighted by atomic mass is 10.1. The van der Waals surface area contributed by atoms with Crippen molar-refractivity contribution in [3.63, 3.8) is 0 Å². The van der Waals surface area contributed by atoms with Crippen LogP contribution in [0.4, 0.5) is 0 Å². The lowest BCUT2D eigenvalue weighted by molar-refractivity contribution is -0.112. The van der Waals surface area contributed by atoms with Gasteiger partial charge in [0.05, 0.1) is 24.3 Å². The molecule has 3 aliphatic rings. The zero-order chi connectivity index (χ0) is 38.7. The Morgan fingerprint density at radius 3 is 1.27 bits per heavy atom. The van der Waals surface area contributed by atoms with Crippen molar-refractivity contribution in [1.29, 1.82) is 0 Å². The van der Waals surface area contributed by atoms with Crippen LogP contribution >= 0.6 is 11.6 Å². The number of hydrogen-bond donors (Lipinski definition) is 5. The maximum atomic E-state index is 11.9. The second kappa shape index (κ2) is 23.1. The van der Waals surface area contributed by atoms with Crippen LogP contribution in [0.5, 0.6) is 34.5 Å². The third-order valence-electron chi connectivity index (χ3n) is 6.85. The lowest BCUT2D eigenvalue weighted by Crippen LogP contribution is -2.46. The number of ether oxygens (including phenoxy) is 6. The summed E-state index contributed by atoms with van der Waals surface area (Å²) in [6.07, 6.45) is 0.692. The Morgan fingerprint density at radius 2 is 0.946 bits per heavy atom. The Bertz CT molecular complexity index is 1740. The van der Waals surface area contributed by atoms with Gasteiger partial charge in [-0.1, -0.05) is 29.7 Å². The number of benzene rings is 3. The van der Waals surface area contributed by atoms with Gasteiger partial charge in [-0.2, -0.15) is 0 Å². The third kappa shape index (κ3) is 16.3. The molecule has 56 heavy (non-hydrogen) atoms. The highest BCUT2D eigenvalue weighted by Gasteiger charge is 2.23. The zero-order valence-corrected chi connectivity index (χ0v) is 30.5. The van der Waals surface area contributed by atoms with Crippen molar-refractivity contribution >= 4 is 34.9 Å². The molecule has 0 aliphatic carbocycles. The van der Waals surface area contributed by atoms with Crippen molar-refractivity contribution in [3.8, 4) is 34.5 Å². The van der Waals surface area contributed by atoms with Gasteiger partial charge in [-0.15, -0.1) is 0 Å². The van der Waals surface area contributed by atoms with Gasteiger partial charge in [0.1, 0.15) is 6.29 Å². The van der Waals surface area contributed by atoms with Crippen LogP contribution in [0.15, 0.2) is 54.6 Å². The van der Waals surface area contributed by atoms with Gasteiger partial charge in [-0.3, -0.25) is 14.4 Å². The predicted molar refractivity (Wildman–Crippen MR) is 216 cm³/mol. The van der Waals surface area contributed by atoms with Crippen LogP contribution in [0, 0.1) is 0 Å². The molecular formula is C40H60ClN3O12. The molecule has 0 atom stereocenters. The van der Waals surface area contributed by atoms with Crippen LogP contribution in [-0.2, 0) is 4.79 Å². The fourth-order valence-corrected chi connectivity index (χ4v) is 4.03. The first kappa shape index (κ1) is 53.0. The van der Waals surface area contributed by atoms with Crippen molar-refractivity contribution in [2.24, 2.45) is 5.73 Å². The lowest BCUT2D eigenvalue weighted by Gasteiger charge is -2.23. The minimum absolute atomic E-state index is 0. The molecule has 0 unspecified atom stereocenters. The first-order chi connectivity index (χ1) is 24.4. The van der Waals surface area contributed by atoms with Crippen molar-refractivity contribution in [2.45, 2.75) is 87.9 Å². The van der Waals surface area contributed by atoms with Gasteiger partial charge in [0.15, 0.2) is 34.5 Å². The molecule has 16 heteroatoms. The van der Waals surface area contributed by atoms with Gasteiger partial charge in [0, 0.05) is 22.2 Å².